The number of aromatic nitrogens is 1. The number of rotatable bonds is 7. The van der Waals surface area contributed by atoms with Crippen molar-refractivity contribution in [3.8, 4) is 5.75 Å². The summed E-state index contributed by atoms with van der Waals surface area (Å²) in [6.45, 7) is 0.249. The van der Waals surface area contributed by atoms with Crippen LogP contribution in [0.4, 0.5) is 4.79 Å². The minimum absolute atomic E-state index is 0.216. The lowest BCUT2D eigenvalue weighted by Crippen LogP contribution is -2.22. The van der Waals surface area contributed by atoms with Gasteiger partial charge in [0.1, 0.15) is 18.4 Å². The fraction of sp³-hybridized carbons (Fsp3) is 0.0909. The standard InChI is InChI=1S/C22H17N3O5S/c26-20-19(24-22(29)25-20)17-11-23-9-8-18(17)31-16-6-4-15(5-7-16)30-12-13-2-1-3-14(10-13)21(27)28/h1-11,19H,12H2,(H,27,28)(H2,24,25,26,29). The molecule has 1 atom stereocenters. The summed E-state index contributed by atoms with van der Waals surface area (Å²) < 4.78 is 5.75. The van der Waals surface area contributed by atoms with Gasteiger partial charge in [-0.25, -0.2) is 9.59 Å². The van der Waals surface area contributed by atoms with Crippen LogP contribution in [0, 0.1) is 0 Å². The average Bonchev–Trinajstić information content (AvgIpc) is 3.11. The molecule has 3 aromatic rings. The molecule has 0 aliphatic carbocycles. The highest BCUT2D eigenvalue weighted by molar-refractivity contribution is 7.99. The molecule has 9 heteroatoms. The van der Waals surface area contributed by atoms with Gasteiger partial charge in [0, 0.05) is 27.7 Å². The first-order valence-electron chi connectivity index (χ1n) is 9.28. The Morgan fingerprint density at radius 2 is 1.94 bits per heavy atom. The van der Waals surface area contributed by atoms with Crippen LogP contribution in [-0.4, -0.2) is 28.0 Å². The van der Waals surface area contributed by atoms with E-state index in [1.807, 2.05) is 24.3 Å². The molecular formula is C22H17N3O5S. The number of carboxylic acids is 1. The smallest absolute Gasteiger partial charge is 0.335 e. The first-order chi connectivity index (χ1) is 15.0. The molecule has 156 valence electrons. The number of hydrogen-bond acceptors (Lipinski definition) is 6. The van der Waals surface area contributed by atoms with E-state index < -0.39 is 23.9 Å². The van der Waals surface area contributed by atoms with Crippen molar-refractivity contribution in [1.82, 2.24) is 15.6 Å². The maximum Gasteiger partial charge on any atom is 0.335 e. The van der Waals surface area contributed by atoms with Crippen LogP contribution in [0.5, 0.6) is 5.75 Å². The topological polar surface area (TPSA) is 118 Å². The third-order valence-electron chi connectivity index (χ3n) is 4.53. The zero-order chi connectivity index (χ0) is 21.8. The van der Waals surface area contributed by atoms with E-state index in [1.54, 1.807) is 36.7 Å². The average molecular weight is 435 g/mol. The molecule has 0 radical (unpaired) electrons. The van der Waals surface area contributed by atoms with Gasteiger partial charge in [0.25, 0.3) is 5.91 Å². The largest absolute Gasteiger partial charge is 0.489 e. The van der Waals surface area contributed by atoms with E-state index in [1.165, 1.54) is 17.8 Å². The van der Waals surface area contributed by atoms with Crippen molar-refractivity contribution in [1.29, 1.82) is 0 Å². The SMILES string of the molecule is O=C1NC(=O)C(c2cnccc2Sc2ccc(OCc3cccc(C(=O)O)c3)cc2)N1. The number of carbonyl (C=O) groups is 3. The van der Waals surface area contributed by atoms with Crippen molar-refractivity contribution in [3.63, 3.8) is 0 Å². The van der Waals surface area contributed by atoms with Gasteiger partial charge in [-0.15, -0.1) is 0 Å². The lowest BCUT2D eigenvalue weighted by molar-refractivity contribution is -0.120. The molecule has 0 spiro atoms. The Morgan fingerprint density at radius 1 is 1.13 bits per heavy atom. The molecule has 1 fully saturated rings. The van der Waals surface area contributed by atoms with E-state index in [9.17, 15) is 14.4 Å². The van der Waals surface area contributed by atoms with E-state index in [4.69, 9.17) is 9.84 Å². The van der Waals surface area contributed by atoms with Crippen molar-refractivity contribution in [2.45, 2.75) is 22.4 Å². The van der Waals surface area contributed by atoms with Crippen LogP contribution in [0.15, 0.2) is 76.8 Å². The predicted molar refractivity (Wildman–Crippen MR) is 112 cm³/mol. The van der Waals surface area contributed by atoms with Gasteiger partial charge >= 0.3 is 12.0 Å². The second-order valence-corrected chi connectivity index (χ2v) is 7.79. The first kappa shape index (κ1) is 20.4. The monoisotopic (exact) mass is 435 g/mol. The molecule has 4 rings (SSSR count). The summed E-state index contributed by atoms with van der Waals surface area (Å²) in [4.78, 5) is 40.3. The number of nitrogens with zero attached hydrogens (tertiary/aromatic N) is 1. The normalized spacial score (nSPS) is 15.3. The number of hydrogen-bond donors (Lipinski definition) is 3. The van der Waals surface area contributed by atoms with Crippen LogP contribution in [0.25, 0.3) is 0 Å². The summed E-state index contributed by atoms with van der Waals surface area (Å²) in [5, 5.41) is 13.9. The van der Waals surface area contributed by atoms with Crippen LogP contribution in [0.2, 0.25) is 0 Å². The van der Waals surface area contributed by atoms with Crippen molar-refractivity contribution < 1.29 is 24.2 Å². The fourth-order valence-corrected chi connectivity index (χ4v) is 3.97. The van der Waals surface area contributed by atoms with Crippen LogP contribution >= 0.6 is 11.8 Å². The molecule has 1 aliphatic heterocycles. The Hall–Kier alpha value is -3.85. The minimum atomic E-state index is -0.978. The molecule has 2 aromatic carbocycles. The van der Waals surface area contributed by atoms with Crippen LogP contribution in [0.3, 0.4) is 0 Å². The van der Waals surface area contributed by atoms with Crippen LogP contribution in [0.1, 0.15) is 27.5 Å². The zero-order valence-electron chi connectivity index (χ0n) is 16.1. The Balaban J connectivity index is 1.43. The Kier molecular flexibility index (Phi) is 5.85. The lowest BCUT2D eigenvalue weighted by Gasteiger charge is -2.13. The maximum absolute atomic E-state index is 12.0. The molecule has 1 aliphatic rings. The van der Waals surface area contributed by atoms with Gasteiger partial charge in [-0.2, -0.15) is 0 Å². The summed E-state index contributed by atoms with van der Waals surface area (Å²) in [5.41, 5.74) is 1.60. The van der Waals surface area contributed by atoms with Gasteiger partial charge in [0.2, 0.25) is 0 Å². The lowest BCUT2D eigenvalue weighted by atomic mass is 10.1. The van der Waals surface area contributed by atoms with Crippen LogP contribution in [-0.2, 0) is 11.4 Å². The second-order valence-electron chi connectivity index (χ2n) is 6.68. The minimum Gasteiger partial charge on any atom is -0.489 e. The quantitative estimate of drug-likeness (QED) is 0.487. The number of urea groups is 1. The van der Waals surface area contributed by atoms with Gasteiger partial charge in [0.15, 0.2) is 0 Å². The molecule has 8 nitrogen and oxygen atoms in total. The number of nitrogens with one attached hydrogen (secondary N) is 2. The molecule has 1 unspecified atom stereocenters. The number of aromatic carboxylic acids is 1. The number of ether oxygens (including phenoxy) is 1. The Morgan fingerprint density at radius 3 is 2.65 bits per heavy atom. The zero-order valence-corrected chi connectivity index (χ0v) is 16.9. The van der Waals surface area contributed by atoms with Gasteiger partial charge in [-0.05, 0) is 48.0 Å². The molecule has 2 heterocycles. The number of benzene rings is 2. The second kappa shape index (κ2) is 8.88. The molecule has 1 saturated heterocycles. The first-order valence-corrected chi connectivity index (χ1v) is 10.1. The van der Waals surface area contributed by atoms with Gasteiger partial charge in [-0.3, -0.25) is 15.1 Å². The van der Waals surface area contributed by atoms with E-state index in [-0.39, 0.29) is 12.2 Å². The third-order valence-corrected chi connectivity index (χ3v) is 5.63. The van der Waals surface area contributed by atoms with Crippen molar-refractivity contribution in [2.24, 2.45) is 0 Å². The highest BCUT2D eigenvalue weighted by atomic mass is 32.2. The number of imide groups is 1. The van der Waals surface area contributed by atoms with E-state index in [0.717, 1.165) is 15.4 Å². The Bertz CT molecular complexity index is 1150. The van der Waals surface area contributed by atoms with Crippen molar-refractivity contribution in [3.05, 3.63) is 83.7 Å². The molecule has 1 aromatic heterocycles. The number of pyridine rings is 1. The number of amides is 3. The van der Waals surface area contributed by atoms with Crippen molar-refractivity contribution >= 4 is 29.7 Å². The third kappa shape index (κ3) is 4.84. The predicted octanol–water partition coefficient (Wildman–Crippen LogP) is 3.39. The van der Waals surface area contributed by atoms with Crippen molar-refractivity contribution in [2.75, 3.05) is 0 Å². The molecule has 3 amide bonds. The van der Waals surface area contributed by atoms with Gasteiger partial charge in [0.05, 0.1) is 5.56 Å². The molecule has 0 saturated carbocycles. The molecule has 31 heavy (non-hydrogen) atoms. The summed E-state index contributed by atoms with van der Waals surface area (Å²) in [7, 11) is 0. The maximum atomic E-state index is 12.0. The highest BCUT2D eigenvalue weighted by Gasteiger charge is 2.32. The number of carbonyl (C=O) groups excluding carboxylic acids is 2. The summed E-state index contributed by atoms with van der Waals surface area (Å²) in [6.07, 6.45) is 3.20. The summed E-state index contributed by atoms with van der Waals surface area (Å²) in [5.74, 6) is -0.744. The van der Waals surface area contributed by atoms with E-state index >= 15 is 0 Å². The number of carboxylic acid groups (broad SMARTS) is 1. The summed E-state index contributed by atoms with van der Waals surface area (Å²) >= 11 is 1.44. The highest BCUT2D eigenvalue weighted by Crippen LogP contribution is 2.34. The summed E-state index contributed by atoms with van der Waals surface area (Å²) in [6, 6.07) is 14.5. The van der Waals surface area contributed by atoms with Gasteiger partial charge < -0.3 is 15.2 Å². The van der Waals surface area contributed by atoms with E-state index in [0.29, 0.717) is 11.3 Å². The fourth-order valence-electron chi connectivity index (χ4n) is 3.03. The van der Waals surface area contributed by atoms with E-state index in [2.05, 4.69) is 15.6 Å². The molecular weight excluding hydrogens is 418 g/mol. The van der Waals surface area contributed by atoms with Crippen LogP contribution < -0.4 is 15.4 Å². The molecule has 3 N–H and O–H groups in total. The Labute approximate surface area is 181 Å². The van der Waals surface area contributed by atoms with Gasteiger partial charge in [-0.1, -0.05) is 23.9 Å². The molecule has 0 bridgehead atoms.